The molecule has 7 nitrogen and oxygen atoms in total. The fourth-order valence-corrected chi connectivity index (χ4v) is 3.62. The number of H-pyrrole nitrogens is 1. The van der Waals surface area contributed by atoms with Gasteiger partial charge in [-0.15, -0.1) is 0 Å². The minimum atomic E-state index is -0.757. The number of para-hydroxylation sites is 2. The van der Waals surface area contributed by atoms with Gasteiger partial charge in [0.2, 0.25) is 5.88 Å². The quantitative estimate of drug-likeness (QED) is 0.728. The number of pyridine rings is 1. The molecule has 0 saturated heterocycles. The molecular formula is C21H17N3O4. The van der Waals surface area contributed by atoms with Crippen molar-refractivity contribution in [2.24, 2.45) is 5.73 Å². The molecule has 0 radical (unpaired) electrons. The van der Waals surface area contributed by atoms with Crippen molar-refractivity contribution in [2.75, 3.05) is 14.2 Å². The van der Waals surface area contributed by atoms with Crippen LogP contribution < -0.4 is 25.5 Å². The number of allylic oxidation sites excluding steroid dienone is 1. The van der Waals surface area contributed by atoms with Gasteiger partial charge in [0.05, 0.1) is 31.2 Å². The third kappa shape index (κ3) is 2.47. The number of methoxy groups -OCH3 is 2. The maximum atomic E-state index is 13.0. The number of fused-ring (bicyclic) bond motifs is 3. The van der Waals surface area contributed by atoms with Crippen LogP contribution >= 0.6 is 0 Å². The summed E-state index contributed by atoms with van der Waals surface area (Å²) >= 11 is 0. The summed E-state index contributed by atoms with van der Waals surface area (Å²) in [5.74, 6) is 0.454. The summed E-state index contributed by atoms with van der Waals surface area (Å²) in [4.78, 5) is 15.9. The summed E-state index contributed by atoms with van der Waals surface area (Å²) in [7, 11) is 3.03. The van der Waals surface area contributed by atoms with Gasteiger partial charge in [-0.05, 0) is 18.2 Å². The van der Waals surface area contributed by atoms with Gasteiger partial charge in [0, 0.05) is 10.9 Å². The van der Waals surface area contributed by atoms with Crippen LogP contribution in [-0.4, -0.2) is 19.2 Å². The maximum Gasteiger partial charge on any atom is 0.256 e. The third-order valence-corrected chi connectivity index (χ3v) is 4.83. The number of hydrogen-bond donors (Lipinski definition) is 2. The zero-order valence-electron chi connectivity index (χ0n) is 15.3. The van der Waals surface area contributed by atoms with Crippen LogP contribution in [0, 0.1) is 11.3 Å². The van der Waals surface area contributed by atoms with Gasteiger partial charge < -0.3 is 24.9 Å². The van der Waals surface area contributed by atoms with Crippen LogP contribution in [0.4, 0.5) is 0 Å². The fraction of sp³-hybridized carbons (Fsp3) is 0.143. The highest BCUT2D eigenvalue weighted by Crippen LogP contribution is 2.47. The standard InChI is InChI=1S/C21H17N3O4/c1-26-15-9-5-7-12(18(15)27-2)16-13(10-22)20(23)28-19-11-6-3-4-8-14(11)24-21(25)17(16)19/h3-9,16H,23H2,1-2H3,(H,24,25). The number of aromatic amines is 1. The van der Waals surface area contributed by atoms with Gasteiger partial charge in [-0.2, -0.15) is 5.26 Å². The lowest BCUT2D eigenvalue weighted by atomic mass is 9.83. The first-order valence-corrected chi connectivity index (χ1v) is 8.54. The molecule has 2 aromatic carbocycles. The van der Waals surface area contributed by atoms with Gasteiger partial charge in [0.1, 0.15) is 17.4 Å². The number of benzene rings is 2. The first kappa shape index (κ1) is 17.5. The van der Waals surface area contributed by atoms with Crippen LogP contribution in [0.2, 0.25) is 0 Å². The first-order chi connectivity index (χ1) is 13.6. The lowest BCUT2D eigenvalue weighted by Crippen LogP contribution is -2.28. The Morgan fingerprint density at radius 2 is 1.93 bits per heavy atom. The van der Waals surface area contributed by atoms with Crippen molar-refractivity contribution in [3.63, 3.8) is 0 Å². The monoisotopic (exact) mass is 375 g/mol. The van der Waals surface area contributed by atoms with Gasteiger partial charge in [-0.1, -0.05) is 24.3 Å². The van der Waals surface area contributed by atoms with E-state index in [1.165, 1.54) is 14.2 Å². The highest BCUT2D eigenvalue weighted by Gasteiger charge is 2.36. The van der Waals surface area contributed by atoms with Crippen LogP contribution in [0.25, 0.3) is 10.9 Å². The molecule has 0 spiro atoms. The number of hydrogen-bond acceptors (Lipinski definition) is 6. The molecular weight excluding hydrogens is 358 g/mol. The van der Waals surface area contributed by atoms with Crippen LogP contribution in [-0.2, 0) is 0 Å². The van der Waals surface area contributed by atoms with E-state index in [0.717, 1.165) is 0 Å². The number of nitriles is 1. The smallest absolute Gasteiger partial charge is 0.256 e. The Morgan fingerprint density at radius 1 is 1.14 bits per heavy atom. The molecule has 1 aromatic heterocycles. The number of aromatic nitrogens is 1. The summed E-state index contributed by atoms with van der Waals surface area (Å²) in [6.07, 6.45) is 0. The maximum absolute atomic E-state index is 13.0. The molecule has 28 heavy (non-hydrogen) atoms. The van der Waals surface area contributed by atoms with Gasteiger partial charge in [-0.25, -0.2) is 0 Å². The third-order valence-electron chi connectivity index (χ3n) is 4.83. The van der Waals surface area contributed by atoms with Crippen LogP contribution in [0.15, 0.2) is 58.7 Å². The molecule has 140 valence electrons. The van der Waals surface area contributed by atoms with Crippen LogP contribution in [0.1, 0.15) is 17.0 Å². The van der Waals surface area contributed by atoms with Crippen molar-refractivity contribution in [2.45, 2.75) is 5.92 Å². The van der Waals surface area contributed by atoms with E-state index in [9.17, 15) is 10.1 Å². The van der Waals surface area contributed by atoms with E-state index in [1.54, 1.807) is 24.3 Å². The molecule has 0 saturated carbocycles. The SMILES string of the molecule is COc1cccc(C2C(C#N)=C(N)Oc3c2c(=O)[nH]c2ccccc32)c1OC. The Labute approximate surface area is 160 Å². The average Bonchev–Trinajstić information content (AvgIpc) is 2.72. The van der Waals surface area contributed by atoms with Crippen molar-refractivity contribution in [1.82, 2.24) is 4.98 Å². The Kier molecular flexibility index (Phi) is 4.17. The molecule has 3 N–H and O–H groups in total. The average molecular weight is 375 g/mol. The largest absolute Gasteiger partial charge is 0.493 e. The lowest BCUT2D eigenvalue weighted by Gasteiger charge is -2.27. The topological polar surface area (TPSA) is 110 Å². The second-order valence-corrected chi connectivity index (χ2v) is 6.25. The molecule has 0 aliphatic carbocycles. The number of ether oxygens (including phenoxy) is 3. The molecule has 1 aliphatic heterocycles. The summed E-state index contributed by atoms with van der Waals surface area (Å²) < 4.78 is 16.7. The summed E-state index contributed by atoms with van der Waals surface area (Å²) in [6, 6.07) is 14.6. The van der Waals surface area contributed by atoms with Crippen molar-refractivity contribution in [3.8, 4) is 23.3 Å². The van der Waals surface area contributed by atoms with E-state index in [0.29, 0.717) is 39.3 Å². The zero-order valence-corrected chi connectivity index (χ0v) is 15.3. The van der Waals surface area contributed by atoms with Crippen LogP contribution in [0.5, 0.6) is 17.2 Å². The summed E-state index contributed by atoms with van der Waals surface area (Å²) in [6.45, 7) is 0. The van der Waals surface area contributed by atoms with E-state index in [4.69, 9.17) is 19.9 Å². The highest BCUT2D eigenvalue weighted by molar-refractivity contribution is 5.87. The number of rotatable bonds is 3. The van der Waals surface area contributed by atoms with Crippen molar-refractivity contribution in [1.29, 1.82) is 5.26 Å². The van der Waals surface area contributed by atoms with Gasteiger partial charge in [0.25, 0.3) is 5.56 Å². The predicted octanol–water partition coefficient (Wildman–Crippen LogP) is 2.76. The molecule has 2 heterocycles. The van der Waals surface area contributed by atoms with Gasteiger partial charge in [-0.3, -0.25) is 4.79 Å². The van der Waals surface area contributed by atoms with Gasteiger partial charge >= 0.3 is 0 Å². The van der Waals surface area contributed by atoms with Gasteiger partial charge in [0.15, 0.2) is 11.5 Å². The molecule has 0 amide bonds. The molecule has 1 atom stereocenters. The molecule has 0 bridgehead atoms. The molecule has 7 heteroatoms. The minimum absolute atomic E-state index is 0.0411. The van der Waals surface area contributed by atoms with E-state index >= 15 is 0 Å². The Hall–Kier alpha value is -3.92. The molecule has 3 aromatic rings. The number of nitrogens with zero attached hydrogens (tertiary/aromatic N) is 1. The predicted molar refractivity (Wildman–Crippen MR) is 103 cm³/mol. The number of nitrogens with one attached hydrogen (secondary N) is 1. The van der Waals surface area contributed by atoms with E-state index in [-0.39, 0.29) is 17.0 Å². The Balaban J connectivity index is 2.11. The Bertz CT molecular complexity index is 1220. The zero-order chi connectivity index (χ0) is 19.8. The Morgan fingerprint density at radius 3 is 2.64 bits per heavy atom. The fourth-order valence-electron chi connectivity index (χ4n) is 3.62. The summed E-state index contributed by atoms with van der Waals surface area (Å²) in [5.41, 5.74) is 7.38. The second kappa shape index (κ2) is 6.67. The molecule has 1 unspecified atom stereocenters. The molecule has 1 aliphatic rings. The minimum Gasteiger partial charge on any atom is -0.493 e. The second-order valence-electron chi connectivity index (χ2n) is 6.25. The lowest BCUT2D eigenvalue weighted by molar-refractivity contribution is 0.349. The highest BCUT2D eigenvalue weighted by atomic mass is 16.5. The normalized spacial score (nSPS) is 15.5. The van der Waals surface area contributed by atoms with E-state index < -0.39 is 5.92 Å². The van der Waals surface area contributed by atoms with Crippen molar-refractivity contribution < 1.29 is 14.2 Å². The van der Waals surface area contributed by atoms with E-state index in [2.05, 4.69) is 11.1 Å². The molecule has 0 fully saturated rings. The first-order valence-electron chi connectivity index (χ1n) is 8.54. The summed E-state index contributed by atoms with van der Waals surface area (Å²) in [5, 5.41) is 10.5. The van der Waals surface area contributed by atoms with Crippen molar-refractivity contribution >= 4 is 10.9 Å². The van der Waals surface area contributed by atoms with Crippen molar-refractivity contribution in [3.05, 3.63) is 75.4 Å². The van der Waals surface area contributed by atoms with Crippen LogP contribution in [0.3, 0.4) is 0 Å². The molecule has 4 rings (SSSR count). The van der Waals surface area contributed by atoms with E-state index in [1.807, 2.05) is 18.2 Å². The number of nitrogens with two attached hydrogens (primary N) is 1.